The minimum atomic E-state index is -0.0952. The van der Waals surface area contributed by atoms with Crippen LogP contribution in [0, 0.1) is 5.92 Å². The van der Waals surface area contributed by atoms with Crippen molar-refractivity contribution in [2.24, 2.45) is 5.92 Å². The first-order valence-corrected chi connectivity index (χ1v) is 10.5. The van der Waals surface area contributed by atoms with Crippen molar-refractivity contribution in [1.82, 2.24) is 15.5 Å². The van der Waals surface area contributed by atoms with Crippen LogP contribution in [0.15, 0.2) is 60.7 Å². The average Bonchev–Trinajstić information content (AvgIpc) is 2.76. The highest BCUT2D eigenvalue weighted by Gasteiger charge is 2.20. The van der Waals surface area contributed by atoms with Crippen LogP contribution in [0.3, 0.4) is 0 Å². The number of likely N-dealkylation sites (tertiary alicyclic amines) is 1. The normalized spacial score (nSPS) is 15.6. The van der Waals surface area contributed by atoms with Crippen LogP contribution in [-0.2, 0) is 4.79 Å². The van der Waals surface area contributed by atoms with E-state index in [9.17, 15) is 4.79 Å². The highest BCUT2D eigenvalue weighted by atomic mass is 16.1. The molecular weight excluding hydrogens is 346 g/mol. The molecule has 0 bridgehead atoms. The van der Waals surface area contributed by atoms with Gasteiger partial charge in [-0.2, -0.15) is 0 Å². The smallest absolute Gasteiger partial charge is 0.222 e. The van der Waals surface area contributed by atoms with Crippen molar-refractivity contribution < 1.29 is 4.79 Å². The van der Waals surface area contributed by atoms with Crippen molar-refractivity contribution >= 4 is 5.91 Å². The van der Waals surface area contributed by atoms with E-state index < -0.39 is 0 Å². The number of rotatable bonds is 9. The SMILES string of the molecule is CNCCC1CCN(CCC(=O)NC(c2ccccc2)c2ccccc2)CC1. The Morgan fingerprint density at radius 1 is 1.00 bits per heavy atom. The first-order chi connectivity index (χ1) is 13.8. The van der Waals surface area contributed by atoms with E-state index in [1.165, 1.54) is 19.3 Å². The third kappa shape index (κ3) is 6.18. The van der Waals surface area contributed by atoms with E-state index in [-0.39, 0.29) is 11.9 Å². The molecule has 0 saturated carbocycles. The molecule has 2 aromatic carbocycles. The summed E-state index contributed by atoms with van der Waals surface area (Å²) in [6.07, 6.45) is 4.32. The Kier molecular flexibility index (Phi) is 8.07. The van der Waals surface area contributed by atoms with Gasteiger partial charge in [0.1, 0.15) is 0 Å². The van der Waals surface area contributed by atoms with Gasteiger partial charge in [0.25, 0.3) is 0 Å². The lowest BCUT2D eigenvalue weighted by atomic mass is 9.93. The van der Waals surface area contributed by atoms with E-state index in [1.54, 1.807) is 0 Å². The summed E-state index contributed by atoms with van der Waals surface area (Å²) in [5.74, 6) is 0.952. The van der Waals surface area contributed by atoms with Crippen molar-refractivity contribution in [3.05, 3.63) is 71.8 Å². The summed E-state index contributed by atoms with van der Waals surface area (Å²) in [5.41, 5.74) is 2.24. The summed E-state index contributed by atoms with van der Waals surface area (Å²) in [6.45, 7) is 4.18. The van der Waals surface area contributed by atoms with Crippen molar-refractivity contribution in [3.8, 4) is 0 Å². The highest BCUT2D eigenvalue weighted by Crippen LogP contribution is 2.22. The second-order valence-electron chi connectivity index (χ2n) is 7.75. The molecule has 0 spiro atoms. The Balaban J connectivity index is 1.51. The Hall–Kier alpha value is -2.17. The largest absolute Gasteiger partial charge is 0.345 e. The molecule has 1 amide bonds. The number of carbonyl (C=O) groups excluding carboxylic acids is 1. The second-order valence-corrected chi connectivity index (χ2v) is 7.75. The fraction of sp³-hybridized carbons (Fsp3) is 0.458. The highest BCUT2D eigenvalue weighted by molar-refractivity contribution is 5.77. The molecule has 4 heteroatoms. The topological polar surface area (TPSA) is 44.4 Å². The van der Waals surface area contributed by atoms with Gasteiger partial charge < -0.3 is 15.5 Å². The van der Waals surface area contributed by atoms with Gasteiger partial charge in [0.15, 0.2) is 0 Å². The van der Waals surface area contributed by atoms with Crippen LogP contribution < -0.4 is 10.6 Å². The summed E-state index contributed by atoms with van der Waals surface area (Å²) >= 11 is 0. The van der Waals surface area contributed by atoms with Crippen LogP contribution in [0.25, 0.3) is 0 Å². The third-order valence-electron chi connectivity index (χ3n) is 5.74. The number of piperidine rings is 1. The van der Waals surface area contributed by atoms with Crippen molar-refractivity contribution in [2.75, 3.05) is 33.2 Å². The summed E-state index contributed by atoms with van der Waals surface area (Å²) in [4.78, 5) is 15.1. The maximum Gasteiger partial charge on any atom is 0.222 e. The third-order valence-corrected chi connectivity index (χ3v) is 5.74. The van der Waals surface area contributed by atoms with Crippen molar-refractivity contribution in [3.63, 3.8) is 0 Å². The van der Waals surface area contributed by atoms with Crippen LogP contribution in [0.2, 0.25) is 0 Å². The maximum atomic E-state index is 12.7. The molecule has 2 N–H and O–H groups in total. The molecule has 1 fully saturated rings. The molecule has 1 heterocycles. The number of hydrogen-bond donors (Lipinski definition) is 2. The molecule has 0 aliphatic carbocycles. The number of nitrogens with one attached hydrogen (secondary N) is 2. The van der Waals surface area contributed by atoms with Gasteiger partial charge in [-0.05, 0) is 63.0 Å². The van der Waals surface area contributed by atoms with Gasteiger partial charge >= 0.3 is 0 Å². The van der Waals surface area contributed by atoms with Gasteiger partial charge in [-0.15, -0.1) is 0 Å². The predicted molar refractivity (Wildman–Crippen MR) is 115 cm³/mol. The predicted octanol–water partition coefficient (Wildman–Crippen LogP) is 3.60. The molecule has 1 aliphatic rings. The van der Waals surface area contributed by atoms with Crippen LogP contribution in [0.4, 0.5) is 0 Å². The molecule has 28 heavy (non-hydrogen) atoms. The maximum absolute atomic E-state index is 12.7. The van der Waals surface area contributed by atoms with Crippen LogP contribution >= 0.6 is 0 Å². The molecule has 0 atom stereocenters. The number of benzene rings is 2. The Morgan fingerprint density at radius 2 is 1.57 bits per heavy atom. The van der Waals surface area contributed by atoms with E-state index >= 15 is 0 Å². The first kappa shape index (κ1) is 20.6. The fourth-order valence-electron chi connectivity index (χ4n) is 3.99. The average molecular weight is 380 g/mol. The van der Waals surface area contributed by atoms with Crippen molar-refractivity contribution in [2.45, 2.75) is 31.7 Å². The van der Waals surface area contributed by atoms with E-state index in [2.05, 4.69) is 39.8 Å². The zero-order chi connectivity index (χ0) is 19.6. The molecule has 0 radical (unpaired) electrons. The Labute approximate surface area is 169 Å². The van der Waals surface area contributed by atoms with Gasteiger partial charge in [0, 0.05) is 13.0 Å². The molecule has 2 aromatic rings. The molecule has 3 rings (SSSR count). The van der Waals surface area contributed by atoms with E-state index in [0.717, 1.165) is 43.2 Å². The lowest BCUT2D eigenvalue weighted by Crippen LogP contribution is -2.38. The summed E-state index contributed by atoms with van der Waals surface area (Å²) < 4.78 is 0. The summed E-state index contributed by atoms with van der Waals surface area (Å²) in [7, 11) is 2.02. The zero-order valence-corrected chi connectivity index (χ0v) is 16.9. The number of amides is 1. The Bertz CT molecular complexity index is 657. The minimum Gasteiger partial charge on any atom is -0.345 e. The quantitative estimate of drug-likeness (QED) is 0.700. The fourth-order valence-corrected chi connectivity index (χ4v) is 3.99. The lowest BCUT2D eigenvalue weighted by Gasteiger charge is -2.32. The van der Waals surface area contributed by atoms with Gasteiger partial charge in [0.2, 0.25) is 5.91 Å². The standard InChI is InChI=1S/C24H33N3O/c1-25-16-12-20-13-17-27(18-14-20)19-15-23(28)26-24(21-8-4-2-5-9-21)22-10-6-3-7-11-22/h2-11,20,24-25H,12-19H2,1H3,(H,26,28). The Morgan fingerprint density at radius 3 is 2.11 bits per heavy atom. The van der Waals surface area contributed by atoms with Crippen molar-refractivity contribution in [1.29, 1.82) is 0 Å². The molecular formula is C24H33N3O. The first-order valence-electron chi connectivity index (χ1n) is 10.5. The molecule has 150 valence electrons. The molecule has 4 nitrogen and oxygen atoms in total. The molecule has 1 aliphatic heterocycles. The van der Waals surface area contributed by atoms with Crippen LogP contribution in [0.5, 0.6) is 0 Å². The zero-order valence-electron chi connectivity index (χ0n) is 16.9. The molecule has 1 saturated heterocycles. The minimum absolute atomic E-state index is 0.0952. The molecule has 0 unspecified atom stereocenters. The van der Waals surface area contributed by atoms with Gasteiger partial charge in [-0.3, -0.25) is 4.79 Å². The number of nitrogens with zero attached hydrogens (tertiary/aromatic N) is 1. The van der Waals surface area contributed by atoms with Gasteiger partial charge in [0.05, 0.1) is 6.04 Å². The monoisotopic (exact) mass is 379 g/mol. The van der Waals surface area contributed by atoms with E-state index in [1.807, 2.05) is 43.4 Å². The van der Waals surface area contributed by atoms with Crippen LogP contribution in [0.1, 0.15) is 42.9 Å². The van der Waals surface area contributed by atoms with Gasteiger partial charge in [-0.1, -0.05) is 60.7 Å². The second kappa shape index (κ2) is 11.0. The summed E-state index contributed by atoms with van der Waals surface area (Å²) in [6, 6.07) is 20.3. The van der Waals surface area contributed by atoms with Crippen LogP contribution in [-0.4, -0.2) is 44.0 Å². The van der Waals surface area contributed by atoms with E-state index in [4.69, 9.17) is 0 Å². The van der Waals surface area contributed by atoms with Gasteiger partial charge in [-0.25, -0.2) is 0 Å². The lowest BCUT2D eigenvalue weighted by molar-refractivity contribution is -0.122. The van der Waals surface area contributed by atoms with E-state index in [0.29, 0.717) is 6.42 Å². The molecule has 0 aromatic heterocycles. The number of carbonyl (C=O) groups is 1. The summed E-state index contributed by atoms with van der Waals surface area (Å²) in [5, 5.41) is 6.50. The number of hydrogen-bond acceptors (Lipinski definition) is 3.